The van der Waals surface area contributed by atoms with Crippen LogP contribution in [0.5, 0.6) is 0 Å². The lowest BCUT2D eigenvalue weighted by molar-refractivity contribution is 0.0619. The van der Waals surface area contributed by atoms with Gasteiger partial charge in [-0.2, -0.15) is 0 Å². The highest BCUT2D eigenvalue weighted by molar-refractivity contribution is 9.10. The van der Waals surface area contributed by atoms with E-state index in [0.29, 0.717) is 0 Å². The first-order valence-corrected chi connectivity index (χ1v) is 9.67. The van der Waals surface area contributed by atoms with E-state index in [0.717, 1.165) is 53.8 Å². The van der Waals surface area contributed by atoms with Crippen molar-refractivity contribution in [1.29, 1.82) is 0 Å². The molecular weight excluding hydrogens is 398 g/mol. The van der Waals surface area contributed by atoms with Crippen molar-refractivity contribution in [1.82, 2.24) is 14.4 Å². The predicted octanol–water partition coefficient (Wildman–Crippen LogP) is 3.94. The molecule has 1 aliphatic rings. The second-order valence-corrected chi connectivity index (χ2v) is 8.32. The number of piperazine rings is 1. The molecule has 1 saturated heterocycles. The van der Waals surface area contributed by atoms with Gasteiger partial charge in [0.2, 0.25) is 0 Å². The van der Waals surface area contributed by atoms with Crippen LogP contribution in [0.25, 0.3) is 0 Å². The molecule has 1 fully saturated rings. The number of rotatable bonds is 4. The van der Waals surface area contributed by atoms with Gasteiger partial charge in [0.1, 0.15) is 5.69 Å². The molecule has 3 heterocycles. The smallest absolute Gasteiger partial charge is 0.270 e. The van der Waals surface area contributed by atoms with Crippen molar-refractivity contribution in [2.45, 2.75) is 20.0 Å². The summed E-state index contributed by atoms with van der Waals surface area (Å²) in [4.78, 5) is 18.3. The number of aryl methyl sites for hydroxylation is 1. The van der Waals surface area contributed by atoms with Gasteiger partial charge in [-0.25, -0.2) is 0 Å². The third-order valence-electron chi connectivity index (χ3n) is 4.09. The number of aromatic nitrogens is 1. The number of nitrogens with zero attached hydrogens (tertiary/aromatic N) is 3. The molecule has 1 aliphatic heterocycles. The molecule has 1 amide bonds. The molecule has 4 nitrogen and oxygen atoms in total. The average Bonchev–Trinajstić information content (AvgIpc) is 3.12. The Morgan fingerprint density at radius 2 is 2.04 bits per heavy atom. The maximum Gasteiger partial charge on any atom is 0.270 e. The van der Waals surface area contributed by atoms with Crippen LogP contribution < -0.4 is 0 Å². The van der Waals surface area contributed by atoms with E-state index >= 15 is 0 Å². The SMILES string of the molecule is CCn1cc(Br)cc1C(=O)N1CCN(Cc2ccc(Cl)s2)CC1. The van der Waals surface area contributed by atoms with Crippen LogP contribution in [-0.2, 0) is 13.1 Å². The van der Waals surface area contributed by atoms with Gasteiger partial charge in [0.05, 0.1) is 4.34 Å². The van der Waals surface area contributed by atoms with Gasteiger partial charge in [0, 0.05) is 54.8 Å². The Bertz CT molecular complexity index is 691. The number of hydrogen-bond acceptors (Lipinski definition) is 3. The maximum absolute atomic E-state index is 12.7. The highest BCUT2D eigenvalue weighted by atomic mass is 79.9. The van der Waals surface area contributed by atoms with Gasteiger partial charge in [-0.05, 0) is 41.1 Å². The molecule has 0 bridgehead atoms. The molecule has 23 heavy (non-hydrogen) atoms. The molecule has 124 valence electrons. The van der Waals surface area contributed by atoms with Gasteiger partial charge in [0.15, 0.2) is 0 Å². The van der Waals surface area contributed by atoms with E-state index in [1.807, 2.05) is 34.7 Å². The molecular formula is C16H19BrClN3OS. The molecule has 0 unspecified atom stereocenters. The number of hydrogen-bond donors (Lipinski definition) is 0. The fourth-order valence-electron chi connectivity index (χ4n) is 2.84. The van der Waals surface area contributed by atoms with Crippen LogP contribution in [0.3, 0.4) is 0 Å². The van der Waals surface area contributed by atoms with Gasteiger partial charge in [0.25, 0.3) is 5.91 Å². The minimum atomic E-state index is 0.122. The zero-order valence-electron chi connectivity index (χ0n) is 13.0. The van der Waals surface area contributed by atoms with Crippen molar-refractivity contribution in [3.05, 3.63) is 43.8 Å². The fourth-order valence-corrected chi connectivity index (χ4v) is 4.44. The van der Waals surface area contributed by atoms with E-state index in [-0.39, 0.29) is 5.91 Å². The van der Waals surface area contributed by atoms with Gasteiger partial charge in [-0.1, -0.05) is 11.6 Å². The van der Waals surface area contributed by atoms with Crippen molar-refractivity contribution >= 4 is 44.8 Å². The van der Waals surface area contributed by atoms with E-state index < -0.39 is 0 Å². The maximum atomic E-state index is 12.7. The summed E-state index contributed by atoms with van der Waals surface area (Å²) in [6.07, 6.45) is 1.96. The largest absolute Gasteiger partial charge is 0.343 e. The van der Waals surface area contributed by atoms with E-state index in [1.54, 1.807) is 11.3 Å². The lowest BCUT2D eigenvalue weighted by Crippen LogP contribution is -2.48. The van der Waals surface area contributed by atoms with Crippen molar-refractivity contribution in [2.24, 2.45) is 0 Å². The van der Waals surface area contributed by atoms with Gasteiger partial charge in [-0.3, -0.25) is 9.69 Å². The van der Waals surface area contributed by atoms with Crippen LogP contribution in [0, 0.1) is 0 Å². The number of thiophene rings is 1. The minimum absolute atomic E-state index is 0.122. The third kappa shape index (κ3) is 3.99. The van der Waals surface area contributed by atoms with Crippen molar-refractivity contribution in [2.75, 3.05) is 26.2 Å². The summed E-state index contributed by atoms with van der Waals surface area (Å²) in [6, 6.07) is 5.93. The summed E-state index contributed by atoms with van der Waals surface area (Å²) in [5.41, 5.74) is 0.762. The molecule has 0 atom stereocenters. The molecule has 2 aromatic heterocycles. The van der Waals surface area contributed by atoms with E-state index in [2.05, 4.69) is 26.9 Å². The zero-order valence-corrected chi connectivity index (χ0v) is 16.1. The highest BCUT2D eigenvalue weighted by Crippen LogP contribution is 2.23. The van der Waals surface area contributed by atoms with E-state index in [4.69, 9.17) is 11.6 Å². The molecule has 0 aromatic carbocycles. The second-order valence-electron chi connectivity index (χ2n) is 5.60. The lowest BCUT2D eigenvalue weighted by Gasteiger charge is -2.34. The van der Waals surface area contributed by atoms with Crippen molar-refractivity contribution in [3.63, 3.8) is 0 Å². The van der Waals surface area contributed by atoms with Crippen LogP contribution in [0.4, 0.5) is 0 Å². The Kier molecular flexibility index (Phi) is 5.46. The summed E-state index contributed by atoms with van der Waals surface area (Å²) in [5, 5.41) is 0. The number of amides is 1. The van der Waals surface area contributed by atoms with Crippen molar-refractivity contribution < 1.29 is 4.79 Å². The minimum Gasteiger partial charge on any atom is -0.343 e. The Morgan fingerprint density at radius 1 is 1.30 bits per heavy atom. The molecule has 0 spiro atoms. The molecule has 0 N–H and O–H groups in total. The Morgan fingerprint density at radius 3 is 2.65 bits per heavy atom. The normalized spacial score (nSPS) is 16.0. The second kappa shape index (κ2) is 7.38. The standard InChI is InChI=1S/C16H19BrClN3OS/c1-2-20-10-12(17)9-14(20)16(22)21-7-5-19(6-8-21)11-13-3-4-15(18)23-13/h3-4,9-10H,2,5-8,11H2,1H3. The first-order chi connectivity index (χ1) is 11.1. The first kappa shape index (κ1) is 17.0. The lowest BCUT2D eigenvalue weighted by atomic mass is 10.2. The van der Waals surface area contributed by atoms with E-state index in [9.17, 15) is 4.79 Å². The van der Waals surface area contributed by atoms with E-state index in [1.165, 1.54) is 4.88 Å². The van der Waals surface area contributed by atoms with Crippen LogP contribution in [0.1, 0.15) is 22.3 Å². The average molecular weight is 417 g/mol. The molecule has 3 rings (SSSR count). The Hall–Kier alpha value is -0.820. The quantitative estimate of drug-likeness (QED) is 0.755. The summed E-state index contributed by atoms with van der Waals surface area (Å²) in [5.74, 6) is 0.122. The molecule has 0 radical (unpaired) electrons. The predicted molar refractivity (Wildman–Crippen MR) is 98.3 cm³/mol. The number of carbonyl (C=O) groups excluding carboxylic acids is 1. The van der Waals surface area contributed by atoms with Crippen LogP contribution in [-0.4, -0.2) is 46.5 Å². The highest BCUT2D eigenvalue weighted by Gasteiger charge is 2.24. The Labute approximate surface area is 153 Å². The van der Waals surface area contributed by atoms with Crippen LogP contribution >= 0.6 is 38.9 Å². The van der Waals surface area contributed by atoms with Crippen LogP contribution in [0.15, 0.2) is 28.9 Å². The monoisotopic (exact) mass is 415 g/mol. The summed E-state index contributed by atoms with van der Waals surface area (Å²) >= 11 is 11.1. The van der Waals surface area contributed by atoms with Gasteiger partial charge >= 0.3 is 0 Å². The summed E-state index contributed by atoms with van der Waals surface area (Å²) in [7, 11) is 0. The zero-order chi connectivity index (χ0) is 16.4. The van der Waals surface area contributed by atoms with Crippen LogP contribution in [0.2, 0.25) is 4.34 Å². The topological polar surface area (TPSA) is 28.5 Å². The summed E-state index contributed by atoms with van der Waals surface area (Å²) in [6.45, 7) is 7.09. The number of carbonyl (C=O) groups is 1. The van der Waals surface area contributed by atoms with Crippen molar-refractivity contribution in [3.8, 4) is 0 Å². The molecule has 2 aromatic rings. The van der Waals surface area contributed by atoms with Gasteiger partial charge < -0.3 is 9.47 Å². The molecule has 0 aliphatic carbocycles. The number of halogens is 2. The fraction of sp³-hybridized carbons (Fsp3) is 0.438. The third-order valence-corrected chi connectivity index (χ3v) is 5.74. The first-order valence-electron chi connectivity index (χ1n) is 7.68. The van der Waals surface area contributed by atoms with Gasteiger partial charge in [-0.15, -0.1) is 11.3 Å². The molecule has 7 heteroatoms. The Balaban J connectivity index is 1.58. The summed E-state index contributed by atoms with van der Waals surface area (Å²) < 4.78 is 3.78. The molecule has 0 saturated carbocycles.